The summed E-state index contributed by atoms with van der Waals surface area (Å²) < 4.78 is 6.45. The van der Waals surface area contributed by atoms with Crippen molar-refractivity contribution in [1.82, 2.24) is 14.5 Å². The highest BCUT2D eigenvalue weighted by atomic mass is 35.5. The standard InChI is InChI=1S/C10H10ClN3O2/c1-3-16-10(15)9-13-7-6(11)4-5-12-8(7)14(9)2/h4-5H,3H2,1-2H3. The normalized spacial score (nSPS) is 10.7. The second-order valence-electron chi connectivity index (χ2n) is 3.18. The van der Waals surface area contributed by atoms with Crippen LogP contribution in [0.5, 0.6) is 0 Å². The molecule has 2 aromatic rings. The summed E-state index contributed by atoms with van der Waals surface area (Å²) in [5.41, 5.74) is 1.07. The van der Waals surface area contributed by atoms with Gasteiger partial charge in [0, 0.05) is 13.2 Å². The maximum absolute atomic E-state index is 11.6. The first-order valence-corrected chi connectivity index (χ1v) is 5.17. The van der Waals surface area contributed by atoms with Gasteiger partial charge in [0.1, 0.15) is 5.52 Å². The van der Waals surface area contributed by atoms with E-state index in [1.165, 1.54) is 0 Å². The van der Waals surface area contributed by atoms with Gasteiger partial charge in [-0.2, -0.15) is 0 Å². The molecule has 0 spiro atoms. The van der Waals surface area contributed by atoms with Crippen molar-refractivity contribution < 1.29 is 9.53 Å². The van der Waals surface area contributed by atoms with Gasteiger partial charge < -0.3 is 9.30 Å². The highest BCUT2D eigenvalue weighted by Gasteiger charge is 2.18. The molecule has 0 aliphatic carbocycles. The summed E-state index contributed by atoms with van der Waals surface area (Å²) in [6, 6.07) is 1.63. The average Bonchev–Trinajstić information content (AvgIpc) is 2.59. The third-order valence-corrected chi connectivity index (χ3v) is 2.47. The van der Waals surface area contributed by atoms with Gasteiger partial charge in [0.25, 0.3) is 0 Å². The lowest BCUT2D eigenvalue weighted by molar-refractivity contribution is 0.0508. The number of carbonyl (C=O) groups is 1. The number of pyridine rings is 1. The number of imidazole rings is 1. The molecule has 0 bridgehead atoms. The summed E-state index contributed by atoms with van der Waals surface area (Å²) in [6.07, 6.45) is 1.57. The van der Waals surface area contributed by atoms with Crippen molar-refractivity contribution in [1.29, 1.82) is 0 Å². The molecule has 5 nitrogen and oxygen atoms in total. The fourth-order valence-corrected chi connectivity index (χ4v) is 1.61. The van der Waals surface area contributed by atoms with E-state index in [0.717, 1.165) is 0 Å². The Kier molecular flexibility index (Phi) is 2.78. The third kappa shape index (κ3) is 1.63. The lowest BCUT2D eigenvalue weighted by Crippen LogP contribution is -2.11. The number of halogens is 1. The van der Waals surface area contributed by atoms with Crippen LogP contribution in [0.4, 0.5) is 0 Å². The van der Waals surface area contributed by atoms with E-state index >= 15 is 0 Å². The zero-order chi connectivity index (χ0) is 11.7. The Labute approximate surface area is 97.0 Å². The number of esters is 1. The smallest absolute Gasteiger partial charge is 0.374 e. The molecule has 0 N–H and O–H groups in total. The Hall–Kier alpha value is -1.62. The summed E-state index contributed by atoms with van der Waals surface area (Å²) in [7, 11) is 1.70. The van der Waals surface area contributed by atoms with Gasteiger partial charge in [0.05, 0.1) is 11.6 Å². The number of aryl methyl sites for hydroxylation is 1. The van der Waals surface area contributed by atoms with Gasteiger partial charge in [-0.25, -0.2) is 14.8 Å². The van der Waals surface area contributed by atoms with Gasteiger partial charge in [0.2, 0.25) is 5.82 Å². The molecule has 2 aromatic heterocycles. The minimum atomic E-state index is -0.473. The third-order valence-electron chi connectivity index (χ3n) is 2.17. The molecule has 0 unspecified atom stereocenters. The summed E-state index contributed by atoms with van der Waals surface area (Å²) in [5, 5.41) is 0.469. The maximum Gasteiger partial charge on any atom is 0.374 e. The first kappa shape index (κ1) is 10.9. The number of carbonyl (C=O) groups excluding carboxylic acids is 1. The molecule has 2 heterocycles. The molecule has 0 atom stereocenters. The molecular formula is C10H10ClN3O2. The van der Waals surface area contributed by atoms with Crippen LogP contribution in [0.3, 0.4) is 0 Å². The predicted molar refractivity (Wildman–Crippen MR) is 59.5 cm³/mol. The fourth-order valence-electron chi connectivity index (χ4n) is 1.43. The van der Waals surface area contributed by atoms with E-state index in [-0.39, 0.29) is 5.82 Å². The molecule has 0 saturated heterocycles. The highest BCUT2D eigenvalue weighted by molar-refractivity contribution is 6.34. The van der Waals surface area contributed by atoms with Crippen molar-refractivity contribution in [2.75, 3.05) is 6.61 Å². The topological polar surface area (TPSA) is 57.0 Å². The number of fused-ring (bicyclic) bond motifs is 1. The van der Waals surface area contributed by atoms with Gasteiger partial charge in [-0.05, 0) is 13.0 Å². The molecule has 2 rings (SSSR count). The van der Waals surface area contributed by atoms with E-state index < -0.39 is 5.97 Å². The molecule has 0 aliphatic heterocycles. The quantitative estimate of drug-likeness (QED) is 0.750. The number of hydrogen-bond acceptors (Lipinski definition) is 4. The summed E-state index contributed by atoms with van der Waals surface area (Å²) in [6.45, 7) is 2.05. The fraction of sp³-hybridized carbons (Fsp3) is 0.300. The molecule has 0 aliphatic rings. The van der Waals surface area contributed by atoms with Crippen molar-refractivity contribution >= 4 is 28.7 Å². The Morgan fingerprint density at radius 3 is 3.00 bits per heavy atom. The maximum atomic E-state index is 11.6. The monoisotopic (exact) mass is 239 g/mol. The Bertz CT molecular complexity index is 550. The zero-order valence-electron chi connectivity index (χ0n) is 8.90. The number of rotatable bonds is 2. The first-order chi connectivity index (χ1) is 7.65. The summed E-state index contributed by atoms with van der Waals surface area (Å²) in [4.78, 5) is 19.8. The van der Waals surface area contributed by atoms with Crippen LogP contribution >= 0.6 is 11.6 Å². The molecule has 84 valence electrons. The van der Waals surface area contributed by atoms with Gasteiger partial charge in [-0.1, -0.05) is 11.6 Å². The Morgan fingerprint density at radius 1 is 1.62 bits per heavy atom. The van der Waals surface area contributed by atoms with Crippen molar-refractivity contribution in [3.63, 3.8) is 0 Å². The highest BCUT2D eigenvalue weighted by Crippen LogP contribution is 2.21. The van der Waals surface area contributed by atoms with E-state index in [0.29, 0.717) is 22.8 Å². The van der Waals surface area contributed by atoms with Crippen LogP contribution in [0.25, 0.3) is 11.2 Å². The van der Waals surface area contributed by atoms with Gasteiger partial charge in [-0.15, -0.1) is 0 Å². The molecule has 6 heteroatoms. The lowest BCUT2D eigenvalue weighted by atomic mass is 10.4. The molecule has 0 amide bonds. The Morgan fingerprint density at radius 2 is 2.38 bits per heavy atom. The van der Waals surface area contributed by atoms with E-state index in [1.807, 2.05) is 0 Å². The van der Waals surface area contributed by atoms with Crippen molar-refractivity contribution in [2.24, 2.45) is 7.05 Å². The largest absolute Gasteiger partial charge is 0.460 e. The van der Waals surface area contributed by atoms with Crippen LogP contribution < -0.4 is 0 Å². The molecule has 16 heavy (non-hydrogen) atoms. The average molecular weight is 240 g/mol. The summed E-state index contributed by atoms with van der Waals surface area (Å²) >= 11 is 5.96. The first-order valence-electron chi connectivity index (χ1n) is 4.79. The second-order valence-corrected chi connectivity index (χ2v) is 3.59. The van der Waals surface area contributed by atoms with Crippen LogP contribution in [0.1, 0.15) is 17.5 Å². The second kappa shape index (κ2) is 4.09. The summed E-state index contributed by atoms with van der Waals surface area (Å²) in [5.74, 6) is -0.267. The van der Waals surface area contributed by atoms with Gasteiger partial charge in [0.15, 0.2) is 5.65 Å². The minimum absolute atomic E-state index is 0.206. The Balaban J connectivity index is 2.60. The van der Waals surface area contributed by atoms with E-state index in [2.05, 4.69) is 9.97 Å². The molecule has 0 radical (unpaired) electrons. The number of ether oxygens (including phenoxy) is 1. The predicted octanol–water partition coefficient (Wildman–Crippen LogP) is 1.80. The minimum Gasteiger partial charge on any atom is -0.460 e. The van der Waals surface area contributed by atoms with Crippen LogP contribution in [0.2, 0.25) is 5.02 Å². The van der Waals surface area contributed by atoms with E-state index in [9.17, 15) is 4.79 Å². The van der Waals surface area contributed by atoms with Crippen LogP contribution in [-0.4, -0.2) is 27.1 Å². The molecular weight excluding hydrogens is 230 g/mol. The van der Waals surface area contributed by atoms with Gasteiger partial charge in [-0.3, -0.25) is 0 Å². The van der Waals surface area contributed by atoms with Crippen LogP contribution in [0, 0.1) is 0 Å². The van der Waals surface area contributed by atoms with Crippen molar-refractivity contribution in [2.45, 2.75) is 6.92 Å². The number of hydrogen-bond donors (Lipinski definition) is 0. The van der Waals surface area contributed by atoms with E-state index in [1.54, 1.807) is 30.8 Å². The molecule has 0 aromatic carbocycles. The van der Waals surface area contributed by atoms with E-state index in [4.69, 9.17) is 16.3 Å². The number of aromatic nitrogens is 3. The molecule has 0 fully saturated rings. The van der Waals surface area contributed by atoms with Crippen molar-refractivity contribution in [3.8, 4) is 0 Å². The van der Waals surface area contributed by atoms with Crippen LogP contribution in [0.15, 0.2) is 12.3 Å². The SMILES string of the molecule is CCOC(=O)c1nc2c(Cl)ccnc2n1C. The number of nitrogens with zero attached hydrogens (tertiary/aromatic N) is 3. The molecule has 0 saturated carbocycles. The van der Waals surface area contributed by atoms with Crippen LogP contribution in [-0.2, 0) is 11.8 Å². The zero-order valence-corrected chi connectivity index (χ0v) is 9.65. The van der Waals surface area contributed by atoms with Crippen molar-refractivity contribution in [3.05, 3.63) is 23.1 Å². The lowest BCUT2D eigenvalue weighted by Gasteiger charge is -2.00. The van der Waals surface area contributed by atoms with Gasteiger partial charge >= 0.3 is 5.97 Å².